The van der Waals surface area contributed by atoms with Crippen LogP contribution in [0.25, 0.3) is 0 Å². The van der Waals surface area contributed by atoms with Gasteiger partial charge in [-0.15, -0.1) is 0 Å². The van der Waals surface area contributed by atoms with E-state index in [4.69, 9.17) is 4.74 Å². The molecule has 0 saturated carbocycles. The lowest BCUT2D eigenvalue weighted by Crippen LogP contribution is -2.34. The maximum absolute atomic E-state index is 11.7. The molecule has 0 bridgehead atoms. The van der Waals surface area contributed by atoms with Crippen LogP contribution in [0, 0.1) is 5.92 Å². The maximum Gasteiger partial charge on any atom is 0.248 e. The van der Waals surface area contributed by atoms with Crippen LogP contribution in [-0.2, 0) is 9.53 Å². The minimum atomic E-state index is 0.161. The zero-order valence-electron chi connectivity index (χ0n) is 10.00. The molecule has 1 rings (SSSR count). The highest BCUT2D eigenvalue weighted by Gasteiger charge is 2.19. The van der Waals surface area contributed by atoms with Crippen molar-refractivity contribution in [3.8, 4) is 0 Å². The lowest BCUT2D eigenvalue weighted by molar-refractivity contribution is -0.135. The molecule has 0 spiro atoms. The van der Waals surface area contributed by atoms with Gasteiger partial charge in [0.1, 0.15) is 6.61 Å². The molecule has 1 aliphatic heterocycles. The summed E-state index contributed by atoms with van der Waals surface area (Å²) < 4.78 is 5.15. The second kappa shape index (κ2) is 6.83. The van der Waals surface area contributed by atoms with Crippen molar-refractivity contribution in [2.24, 2.45) is 5.92 Å². The molecule has 1 heterocycles. The Morgan fingerprint density at radius 3 is 2.80 bits per heavy atom. The second-order valence-electron chi connectivity index (χ2n) is 4.22. The van der Waals surface area contributed by atoms with E-state index >= 15 is 0 Å². The van der Waals surface area contributed by atoms with E-state index in [9.17, 15) is 4.79 Å². The Balaban J connectivity index is 2.32. The predicted octanol–water partition coefficient (Wildman–Crippen LogP) is 2.06. The Morgan fingerprint density at radius 2 is 2.13 bits per heavy atom. The minimum absolute atomic E-state index is 0.161. The standard InChI is InChI=1S/C12H23NO2/c1-3-11-6-5-8-13(9-7-11)12(14)10-15-4-2/h11H,3-10H2,1-2H3. The van der Waals surface area contributed by atoms with Crippen molar-refractivity contribution in [2.75, 3.05) is 26.3 Å². The summed E-state index contributed by atoms with van der Waals surface area (Å²) in [7, 11) is 0. The maximum atomic E-state index is 11.7. The van der Waals surface area contributed by atoms with Gasteiger partial charge in [-0.05, 0) is 32.1 Å². The molecule has 0 aromatic rings. The van der Waals surface area contributed by atoms with Gasteiger partial charge in [0.15, 0.2) is 0 Å². The van der Waals surface area contributed by atoms with Gasteiger partial charge in [0, 0.05) is 19.7 Å². The van der Waals surface area contributed by atoms with Crippen LogP contribution in [0.4, 0.5) is 0 Å². The van der Waals surface area contributed by atoms with Crippen molar-refractivity contribution >= 4 is 5.91 Å². The van der Waals surface area contributed by atoms with E-state index in [1.54, 1.807) is 0 Å². The van der Waals surface area contributed by atoms with Crippen molar-refractivity contribution in [3.05, 3.63) is 0 Å². The molecule has 0 radical (unpaired) electrons. The first kappa shape index (κ1) is 12.5. The molecule has 0 N–H and O–H groups in total. The van der Waals surface area contributed by atoms with E-state index in [-0.39, 0.29) is 12.5 Å². The number of ether oxygens (including phenoxy) is 1. The summed E-state index contributed by atoms with van der Waals surface area (Å²) in [6, 6.07) is 0. The third kappa shape index (κ3) is 4.20. The summed E-state index contributed by atoms with van der Waals surface area (Å²) in [5.41, 5.74) is 0. The molecule has 1 saturated heterocycles. The van der Waals surface area contributed by atoms with Crippen LogP contribution in [-0.4, -0.2) is 37.1 Å². The van der Waals surface area contributed by atoms with Gasteiger partial charge in [0.25, 0.3) is 0 Å². The van der Waals surface area contributed by atoms with Gasteiger partial charge in [-0.3, -0.25) is 4.79 Å². The van der Waals surface area contributed by atoms with Crippen LogP contribution < -0.4 is 0 Å². The third-order valence-electron chi connectivity index (χ3n) is 3.21. The number of likely N-dealkylation sites (tertiary alicyclic amines) is 1. The first-order valence-electron chi connectivity index (χ1n) is 6.13. The zero-order valence-corrected chi connectivity index (χ0v) is 10.00. The molecule has 0 aromatic heterocycles. The summed E-state index contributed by atoms with van der Waals surface area (Å²) >= 11 is 0. The summed E-state index contributed by atoms with van der Waals surface area (Å²) in [5, 5.41) is 0. The van der Waals surface area contributed by atoms with Crippen molar-refractivity contribution in [3.63, 3.8) is 0 Å². The number of carbonyl (C=O) groups excluding carboxylic acids is 1. The minimum Gasteiger partial charge on any atom is -0.372 e. The molecule has 3 heteroatoms. The van der Waals surface area contributed by atoms with Gasteiger partial charge in [-0.25, -0.2) is 0 Å². The van der Waals surface area contributed by atoms with Gasteiger partial charge in [-0.1, -0.05) is 13.3 Å². The molecular formula is C12H23NO2. The smallest absolute Gasteiger partial charge is 0.248 e. The number of amides is 1. The number of hydrogen-bond acceptors (Lipinski definition) is 2. The fourth-order valence-corrected chi connectivity index (χ4v) is 2.10. The molecule has 0 aliphatic carbocycles. The third-order valence-corrected chi connectivity index (χ3v) is 3.21. The van der Waals surface area contributed by atoms with E-state index < -0.39 is 0 Å². The highest BCUT2D eigenvalue weighted by Crippen LogP contribution is 2.20. The van der Waals surface area contributed by atoms with E-state index in [0.717, 1.165) is 31.8 Å². The molecule has 1 amide bonds. The van der Waals surface area contributed by atoms with Crippen molar-refractivity contribution in [1.82, 2.24) is 4.90 Å². The average molecular weight is 213 g/mol. The van der Waals surface area contributed by atoms with Gasteiger partial charge in [-0.2, -0.15) is 0 Å². The molecular weight excluding hydrogens is 190 g/mol. The fourth-order valence-electron chi connectivity index (χ4n) is 2.10. The Kier molecular flexibility index (Phi) is 5.69. The van der Waals surface area contributed by atoms with E-state index in [0.29, 0.717) is 6.61 Å². The molecule has 1 atom stereocenters. The largest absolute Gasteiger partial charge is 0.372 e. The normalized spacial score (nSPS) is 22.5. The summed E-state index contributed by atoms with van der Waals surface area (Å²) in [5.74, 6) is 0.975. The first-order chi connectivity index (χ1) is 7.27. The zero-order chi connectivity index (χ0) is 11.1. The Labute approximate surface area is 92.8 Å². The Morgan fingerprint density at radius 1 is 1.33 bits per heavy atom. The van der Waals surface area contributed by atoms with E-state index in [1.165, 1.54) is 12.8 Å². The molecule has 15 heavy (non-hydrogen) atoms. The topological polar surface area (TPSA) is 29.5 Å². The SMILES string of the molecule is CCOCC(=O)N1CCCC(CC)CC1. The number of carbonyl (C=O) groups is 1. The lowest BCUT2D eigenvalue weighted by atomic mass is 9.98. The van der Waals surface area contributed by atoms with Crippen LogP contribution in [0.3, 0.4) is 0 Å². The van der Waals surface area contributed by atoms with Gasteiger partial charge >= 0.3 is 0 Å². The fraction of sp³-hybridized carbons (Fsp3) is 0.917. The highest BCUT2D eigenvalue weighted by molar-refractivity contribution is 5.77. The summed E-state index contributed by atoms with van der Waals surface area (Å²) in [4.78, 5) is 13.7. The van der Waals surface area contributed by atoms with Gasteiger partial charge < -0.3 is 9.64 Å². The number of hydrogen-bond donors (Lipinski definition) is 0. The number of rotatable bonds is 4. The molecule has 1 aliphatic rings. The molecule has 88 valence electrons. The molecule has 1 unspecified atom stereocenters. The Bertz CT molecular complexity index is 194. The molecule has 1 fully saturated rings. The van der Waals surface area contributed by atoms with Crippen molar-refractivity contribution in [2.45, 2.75) is 39.5 Å². The van der Waals surface area contributed by atoms with Crippen LogP contribution in [0.5, 0.6) is 0 Å². The van der Waals surface area contributed by atoms with Crippen molar-refractivity contribution in [1.29, 1.82) is 0 Å². The van der Waals surface area contributed by atoms with Gasteiger partial charge in [0.05, 0.1) is 0 Å². The summed E-state index contributed by atoms with van der Waals surface area (Å²) in [6.45, 7) is 6.88. The molecule has 0 aromatic carbocycles. The highest BCUT2D eigenvalue weighted by atomic mass is 16.5. The lowest BCUT2D eigenvalue weighted by Gasteiger charge is -2.20. The Hall–Kier alpha value is -0.570. The number of nitrogens with zero attached hydrogens (tertiary/aromatic N) is 1. The second-order valence-corrected chi connectivity index (χ2v) is 4.22. The quantitative estimate of drug-likeness (QED) is 0.715. The monoisotopic (exact) mass is 213 g/mol. The van der Waals surface area contributed by atoms with Crippen LogP contribution in [0.2, 0.25) is 0 Å². The predicted molar refractivity (Wildman–Crippen MR) is 60.7 cm³/mol. The molecule has 3 nitrogen and oxygen atoms in total. The van der Waals surface area contributed by atoms with Crippen LogP contribution >= 0.6 is 0 Å². The first-order valence-corrected chi connectivity index (χ1v) is 6.13. The average Bonchev–Trinajstić information content (AvgIpc) is 2.50. The van der Waals surface area contributed by atoms with Crippen LogP contribution in [0.1, 0.15) is 39.5 Å². The van der Waals surface area contributed by atoms with Crippen molar-refractivity contribution < 1.29 is 9.53 Å². The van der Waals surface area contributed by atoms with E-state index in [1.807, 2.05) is 11.8 Å². The summed E-state index contributed by atoms with van der Waals surface area (Å²) in [6.07, 6.45) is 4.83. The van der Waals surface area contributed by atoms with Gasteiger partial charge in [0.2, 0.25) is 5.91 Å². The van der Waals surface area contributed by atoms with E-state index in [2.05, 4.69) is 6.92 Å². The van der Waals surface area contributed by atoms with Crippen LogP contribution in [0.15, 0.2) is 0 Å².